The van der Waals surface area contributed by atoms with Crippen LogP contribution in [-0.2, 0) is 6.42 Å². The SMILES string of the molecule is CC(C)(C)C(N)Cc1nc2cc(F)c(F)cc2[nH]1. The molecule has 2 rings (SSSR count). The van der Waals surface area contributed by atoms with Crippen LogP contribution in [0.4, 0.5) is 8.78 Å². The molecule has 3 N–H and O–H groups in total. The van der Waals surface area contributed by atoms with Crippen LogP contribution in [0.1, 0.15) is 26.6 Å². The first-order chi connectivity index (χ1) is 8.27. The van der Waals surface area contributed by atoms with Gasteiger partial charge in [0.05, 0.1) is 11.0 Å². The molecule has 0 aliphatic heterocycles. The molecule has 0 saturated heterocycles. The monoisotopic (exact) mass is 253 g/mol. The molecule has 18 heavy (non-hydrogen) atoms. The van der Waals surface area contributed by atoms with E-state index in [2.05, 4.69) is 9.97 Å². The number of hydrogen-bond acceptors (Lipinski definition) is 2. The molecular formula is C13H17F2N3. The van der Waals surface area contributed by atoms with Crippen molar-refractivity contribution >= 4 is 11.0 Å². The van der Waals surface area contributed by atoms with Gasteiger partial charge in [-0.25, -0.2) is 13.8 Å². The Labute approximate surface area is 104 Å². The van der Waals surface area contributed by atoms with Crippen molar-refractivity contribution in [3.8, 4) is 0 Å². The van der Waals surface area contributed by atoms with Crippen LogP contribution in [0.15, 0.2) is 12.1 Å². The maximum Gasteiger partial charge on any atom is 0.161 e. The summed E-state index contributed by atoms with van der Waals surface area (Å²) in [4.78, 5) is 7.19. The predicted molar refractivity (Wildman–Crippen MR) is 67.1 cm³/mol. The van der Waals surface area contributed by atoms with E-state index >= 15 is 0 Å². The van der Waals surface area contributed by atoms with Crippen LogP contribution in [0.3, 0.4) is 0 Å². The summed E-state index contributed by atoms with van der Waals surface area (Å²) in [5, 5.41) is 0. The van der Waals surface area contributed by atoms with Crippen molar-refractivity contribution in [1.29, 1.82) is 0 Å². The number of nitrogens with zero attached hydrogens (tertiary/aromatic N) is 1. The second kappa shape index (κ2) is 4.31. The zero-order valence-electron chi connectivity index (χ0n) is 10.7. The lowest BCUT2D eigenvalue weighted by atomic mass is 9.85. The Kier molecular flexibility index (Phi) is 3.11. The lowest BCUT2D eigenvalue weighted by Gasteiger charge is -2.26. The first-order valence-corrected chi connectivity index (χ1v) is 5.86. The average Bonchev–Trinajstić information content (AvgIpc) is 2.59. The quantitative estimate of drug-likeness (QED) is 0.864. The number of hydrogen-bond donors (Lipinski definition) is 2. The molecule has 0 bridgehead atoms. The normalized spacial score (nSPS) is 14.1. The number of fused-ring (bicyclic) bond motifs is 1. The highest BCUT2D eigenvalue weighted by Crippen LogP contribution is 2.22. The average molecular weight is 253 g/mol. The highest BCUT2D eigenvalue weighted by molar-refractivity contribution is 5.75. The third kappa shape index (κ3) is 2.51. The minimum Gasteiger partial charge on any atom is -0.342 e. The second-order valence-corrected chi connectivity index (χ2v) is 5.64. The Morgan fingerprint density at radius 3 is 2.50 bits per heavy atom. The topological polar surface area (TPSA) is 54.7 Å². The maximum atomic E-state index is 13.1. The number of rotatable bonds is 2. The molecule has 1 heterocycles. The number of nitrogens with one attached hydrogen (secondary N) is 1. The van der Waals surface area contributed by atoms with E-state index in [0.29, 0.717) is 23.3 Å². The van der Waals surface area contributed by atoms with E-state index in [4.69, 9.17) is 5.73 Å². The largest absolute Gasteiger partial charge is 0.342 e. The highest BCUT2D eigenvalue weighted by atomic mass is 19.2. The minimum atomic E-state index is -0.888. The molecule has 0 radical (unpaired) electrons. The minimum absolute atomic E-state index is 0.0462. The molecule has 98 valence electrons. The standard InChI is InChI=1S/C13H17F2N3/c1-13(2,3)11(16)6-12-17-9-4-7(14)8(15)5-10(9)18-12/h4-5,11H,6,16H2,1-3H3,(H,17,18). The van der Waals surface area contributed by atoms with Crippen molar-refractivity contribution in [3.05, 3.63) is 29.6 Å². The van der Waals surface area contributed by atoms with Gasteiger partial charge in [-0.2, -0.15) is 0 Å². The van der Waals surface area contributed by atoms with E-state index in [9.17, 15) is 8.78 Å². The number of benzene rings is 1. The first-order valence-electron chi connectivity index (χ1n) is 5.86. The fourth-order valence-corrected chi connectivity index (χ4v) is 1.67. The van der Waals surface area contributed by atoms with Crippen LogP contribution in [0.25, 0.3) is 11.0 Å². The zero-order chi connectivity index (χ0) is 13.5. The smallest absolute Gasteiger partial charge is 0.161 e. The Morgan fingerprint density at radius 2 is 1.89 bits per heavy atom. The molecule has 0 aliphatic carbocycles. The van der Waals surface area contributed by atoms with Gasteiger partial charge in [0, 0.05) is 24.6 Å². The summed E-state index contributed by atoms with van der Waals surface area (Å²) in [6.45, 7) is 6.12. The van der Waals surface area contributed by atoms with Gasteiger partial charge in [0.15, 0.2) is 11.6 Å². The third-order valence-electron chi connectivity index (χ3n) is 3.10. The molecule has 0 amide bonds. The molecular weight excluding hydrogens is 236 g/mol. The molecule has 2 aromatic rings. The van der Waals surface area contributed by atoms with Crippen LogP contribution in [0.5, 0.6) is 0 Å². The Hall–Kier alpha value is -1.49. The fraction of sp³-hybridized carbons (Fsp3) is 0.462. The number of halogens is 2. The van der Waals surface area contributed by atoms with Gasteiger partial charge in [-0.15, -0.1) is 0 Å². The molecule has 0 aliphatic rings. The maximum absolute atomic E-state index is 13.1. The summed E-state index contributed by atoms with van der Waals surface area (Å²) in [5.41, 5.74) is 6.92. The Balaban J connectivity index is 2.31. The molecule has 0 spiro atoms. The zero-order valence-corrected chi connectivity index (χ0v) is 10.7. The molecule has 1 atom stereocenters. The molecule has 5 heteroatoms. The van der Waals surface area contributed by atoms with Crippen molar-refractivity contribution < 1.29 is 8.78 Å². The van der Waals surface area contributed by atoms with Gasteiger partial charge in [0.25, 0.3) is 0 Å². The summed E-state index contributed by atoms with van der Waals surface area (Å²) in [5.74, 6) is -1.11. The van der Waals surface area contributed by atoms with Crippen LogP contribution in [-0.4, -0.2) is 16.0 Å². The summed E-state index contributed by atoms with van der Waals surface area (Å²) in [7, 11) is 0. The van der Waals surface area contributed by atoms with Crippen LogP contribution < -0.4 is 5.73 Å². The summed E-state index contributed by atoms with van der Waals surface area (Å²) in [6.07, 6.45) is 0.543. The van der Waals surface area contributed by atoms with Crippen molar-refractivity contribution in [2.45, 2.75) is 33.2 Å². The van der Waals surface area contributed by atoms with E-state index in [1.165, 1.54) is 0 Å². The van der Waals surface area contributed by atoms with Crippen LogP contribution in [0.2, 0.25) is 0 Å². The third-order valence-corrected chi connectivity index (χ3v) is 3.10. The van der Waals surface area contributed by atoms with E-state index in [1.54, 1.807) is 0 Å². The highest BCUT2D eigenvalue weighted by Gasteiger charge is 2.22. The van der Waals surface area contributed by atoms with Gasteiger partial charge >= 0.3 is 0 Å². The number of imidazole rings is 1. The van der Waals surface area contributed by atoms with E-state index in [-0.39, 0.29) is 11.5 Å². The van der Waals surface area contributed by atoms with Gasteiger partial charge in [-0.3, -0.25) is 0 Å². The molecule has 3 nitrogen and oxygen atoms in total. The molecule has 1 aromatic heterocycles. The van der Waals surface area contributed by atoms with Gasteiger partial charge in [0.1, 0.15) is 5.82 Å². The Morgan fingerprint density at radius 1 is 1.28 bits per heavy atom. The van der Waals surface area contributed by atoms with Crippen LogP contribution >= 0.6 is 0 Å². The van der Waals surface area contributed by atoms with Crippen LogP contribution in [0, 0.1) is 17.0 Å². The van der Waals surface area contributed by atoms with Gasteiger partial charge in [-0.05, 0) is 5.41 Å². The number of aromatic amines is 1. The lowest BCUT2D eigenvalue weighted by molar-refractivity contribution is 0.315. The van der Waals surface area contributed by atoms with Crippen molar-refractivity contribution in [3.63, 3.8) is 0 Å². The fourth-order valence-electron chi connectivity index (χ4n) is 1.67. The van der Waals surface area contributed by atoms with Gasteiger partial charge in [-0.1, -0.05) is 20.8 Å². The van der Waals surface area contributed by atoms with Crippen molar-refractivity contribution in [2.24, 2.45) is 11.1 Å². The second-order valence-electron chi connectivity index (χ2n) is 5.64. The molecule has 1 unspecified atom stereocenters. The number of aromatic nitrogens is 2. The number of nitrogens with two attached hydrogens (primary N) is 1. The summed E-state index contributed by atoms with van der Waals surface area (Å²) in [6, 6.07) is 2.13. The first kappa shape index (κ1) is 13.0. The Bertz CT molecular complexity index is 530. The molecule has 0 saturated carbocycles. The van der Waals surface area contributed by atoms with E-state index in [0.717, 1.165) is 12.1 Å². The van der Waals surface area contributed by atoms with Gasteiger partial charge in [0.2, 0.25) is 0 Å². The lowest BCUT2D eigenvalue weighted by Crippen LogP contribution is -2.37. The van der Waals surface area contributed by atoms with Crippen molar-refractivity contribution in [2.75, 3.05) is 0 Å². The van der Waals surface area contributed by atoms with E-state index < -0.39 is 11.6 Å². The molecule has 1 aromatic carbocycles. The van der Waals surface area contributed by atoms with Crippen molar-refractivity contribution in [1.82, 2.24) is 9.97 Å². The summed E-state index contributed by atoms with van der Waals surface area (Å²) >= 11 is 0. The molecule has 0 fully saturated rings. The van der Waals surface area contributed by atoms with Gasteiger partial charge < -0.3 is 10.7 Å². The predicted octanol–water partition coefficient (Wildman–Crippen LogP) is 2.76. The van der Waals surface area contributed by atoms with E-state index in [1.807, 2.05) is 20.8 Å². The summed E-state index contributed by atoms with van der Waals surface area (Å²) < 4.78 is 26.1. The number of H-pyrrole nitrogens is 1.